The van der Waals surface area contributed by atoms with Gasteiger partial charge in [0.1, 0.15) is 5.82 Å². The van der Waals surface area contributed by atoms with Crippen molar-refractivity contribution in [3.63, 3.8) is 0 Å². The van der Waals surface area contributed by atoms with Gasteiger partial charge < -0.3 is 5.11 Å². The first-order chi connectivity index (χ1) is 12.1. The molecule has 0 unspecified atom stereocenters. The van der Waals surface area contributed by atoms with E-state index in [0.717, 1.165) is 62.8 Å². The molecule has 0 radical (unpaired) electrons. The predicted octanol–water partition coefficient (Wildman–Crippen LogP) is 2.50. The molecule has 6 heteroatoms. The first-order valence-corrected chi connectivity index (χ1v) is 10.4. The smallest absolute Gasteiger partial charge is 0.151 e. The molecular weight excluding hydrogens is 332 g/mol. The maximum absolute atomic E-state index is 9.92. The van der Waals surface area contributed by atoms with Crippen molar-refractivity contribution in [2.75, 3.05) is 25.1 Å². The van der Waals surface area contributed by atoms with Gasteiger partial charge in [-0.3, -0.25) is 4.90 Å². The van der Waals surface area contributed by atoms with Crippen LogP contribution in [0.2, 0.25) is 0 Å². The number of aryl methyl sites for hydroxylation is 2. The first-order valence-electron chi connectivity index (χ1n) is 9.01. The second-order valence-corrected chi connectivity index (χ2v) is 7.85. The lowest BCUT2D eigenvalue weighted by Crippen LogP contribution is -2.38. The molecule has 136 valence electrons. The van der Waals surface area contributed by atoms with Crippen LogP contribution in [0.3, 0.4) is 0 Å². The van der Waals surface area contributed by atoms with Crippen LogP contribution in [-0.4, -0.2) is 56.0 Å². The molecule has 1 N–H and O–H groups in total. The van der Waals surface area contributed by atoms with Gasteiger partial charge in [0, 0.05) is 18.7 Å². The summed E-state index contributed by atoms with van der Waals surface area (Å²) >= 11 is 1.82. The summed E-state index contributed by atoms with van der Waals surface area (Å²) in [7, 11) is 0. The monoisotopic (exact) mass is 360 g/mol. The topological polar surface area (TPSA) is 54.2 Å². The van der Waals surface area contributed by atoms with Gasteiger partial charge in [-0.15, -0.1) is 0 Å². The Morgan fingerprint density at radius 2 is 2.04 bits per heavy atom. The third-order valence-corrected chi connectivity index (χ3v) is 5.23. The number of thioether (sulfide) groups is 1. The Morgan fingerprint density at radius 3 is 2.76 bits per heavy atom. The van der Waals surface area contributed by atoms with Crippen molar-refractivity contribution in [1.82, 2.24) is 19.7 Å². The van der Waals surface area contributed by atoms with Crippen LogP contribution in [0.5, 0.6) is 0 Å². The van der Waals surface area contributed by atoms with Crippen molar-refractivity contribution < 1.29 is 5.11 Å². The van der Waals surface area contributed by atoms with E-state index in [1.165, 1.54) is 11.1 Å². The van der Waals surface area contributed by atoms with Crippen LogP contribution in [0.1, 0.15) is 35.6 Å². The van der Waals surface area contributed by atoms with Gasteiger partial charge in [-0.1, -0.05) is 29.8 Å². The molecule has 0 saturated carbocycles. The average molecular weight is 361 g/mol. The minimum absolute atomic E-state index is 0.210. The Kier molecular flexibility index (Phi) is 6.51. The SMILES string of the molecule is CSCCc1nc(CN2CCC[C@@H](O)C2)n(Cc2ccc(C)cc2)n1. The molecule has 2 aromatic rings. The molecule has 0 amide bonds. The van der Waals surface area contributed by atoms with E-state index in [1.54, 1.807) is 0 Å². The number of hydrogen-bond donors (Lipinski definition) is 1. The molecule has 5 nitrogen and oxygen atoms in total. The summed E-state index contributed by atoms with van der Waals surface area (Å²) in [5, 5.41) is 14.7. The molecule has 25 heavy (non-hydrogen) atoms. The molecule has 1 aliphatic rings. The van der Waals surface area contributed by atoms with Crippen LogP contribution in [0, 0.1) is 6.92 Å². The van der Waals surface area contributed by atoms with Crippen LogP contribution in [-0.2, 0) is 19.5 Å². The van der Waals surface area contributed by atoms with Crippen molar-refractivity contribution in [2.24, 2.45) is 0 Å². The number of aromatic nitrogens is 3. The Balaban J connectivity index is 1.76. The largest absolute Gasteiger partial charge is 0.392 e. The van der Waals surface area contributed by atoms with Gasteiger partial charge in [0.05, 0.1) is 19.2 Å². The van der Waals surface area contributed by atoms with Crippen molar-refractivity contribution in [2.45, 2.75) is 45.4 Å². The fourth-order valence-corrected chi connectivity index (χ4v) is 3.60. The van der Waals surface area contributed by atoms with Crippen molar-refractivity contribution in [1.29, 1.82) is 0 Å². The number of aliphatic hydroxyl groups excluding tert-OH is 1. The fourth-order valence-electron chi connectivity index (χ4n) is 3.21. The van der Waals surface area contributed by atoms with E-state index in [1.807, 2.05) is 16.4 Å². The van der Waals surface area contributed by atoms with Crippen LogP contribution in [0.15, 0.2) is 24.3 Å². The Labute approximate surface area is 154 Å². The van der Waals surface area contributed by atoms with Gasteiger partial charge in [0.2, 0.25) is 0 Å². The third-order valence-electron chi connectivity index (χ3n) is 4.62. The lowest BCUT2D eigenvalue weighted by molar-refractivity contribution is 0.0648. The zero-order valence-electron chi connectivity index (χ0n) is 15.2. The quantitative estimate of drug-likeness (QED) is 0.822. The van der Waals surface area contributed by atoms with E-state index in [9.17, 15) is 5.11 Å². The number of aliphatic hydroxyl groups is 1. The second kappa shape index (κ2) is 8.83. The zero-order chi connectivity index (χ0) is 17.6. The molecule has 2 heterocycles. The molecule has 3 rings (SSSR count). The maximum atomic E-state index is 9.92. The van der Waals surface area contributed by atoms with E-state index in [-0.39, 0.29) is 6.10 Å². The molecule has 1 aromatic carbocycles. The minimum Gasteiger partial charge on any atom is -0.392 e. The highest BCUT2D eigenvalue weighted by atomic mass is 32.2. The molecule has 0 bridgehead atoms. The Morgan fingerprint density at radius 1 is 1.24 bits per heavy atom. The summed E-state index contributed by atoms with van der Waals surface area (Å²) in [6, 6.07) is 8.60. The Bertz CT molecular complexity index is 671. The van der Waals surface area contributed by atoms with E-state index in [4.69, 9.17) is 10.1 Å². The zero-order valence-corrected chi connectivity index (χ0v) is 16.0. The first kappa shape index (κ1) is 18.4. The summed E-state index contributed by atoms with van der Waals surface area (Å²) in [5.41, 5.74) is 2.51. The van der Waals surface area contributed by atoms with Crippen LogP contribution in [0.4, 0.5) is 0 Å². The van der Waals surface area contributed by atoms with Gasteiger partial charge in [-0.25, -0.2) is 9.67 Å². The van der Waals surface area contributed by atoms with E-state index in [2.05, 4.69) is 42.3 Å². The van der Waals surface area contributed by atoms with Gasteiger partial charge >= 0.3 is 0 Å². The van der Waals surface area contributed by atoms with Crippen molar-refractivity contribution >= 4 is 11.8 Å². The molecule has 1 fully saturated rings. The van der Waals surface area contributed by atoms with Gasteiger partial charge in [0.15, 0.2) is 5.82 Å². The molecule has 0 spiro atoms. The summed E-state index contributed by atoms with van der Waals surface area (Å²) in [4.78, 5) is 7.09. The number of hydrogen-bond acceptors (Lipinski definition) is 5. The van der Waals surface area contributed by atoms with Gasteiger partial charge in [0.25, 0.3) is 0 Å². The highest BCUT2D eigenvalue weighted by Crippen LogP contribution is 2.15. The number of nitrogens with zero attached hydrogens (tertiary/aromatic N) is 4. The number of piperidine rings is 1. The van der Waals surface area contributed by atoms with E-state index in [0.29, 0.717) is 0 Å². The normalized spacial score (nSPS) is 18.6. The van der Waals surface area contributed by atoms with Crippen molar-refractivity contribution in [3.8, 4) is 0 Å². The minimum atomic E-state index is -0.210. The maximum Gasteiger partial charge on any atom is 0.151 e. The van der Waals surface area contributed by atoms with Crippen LogP contribution >= 0.6 is 11.8 Å². The standard InChI is InChI=1S/C19H28N4OS/c1-15-5-7-16(8-6-15)12-23-19(20-18(21-23)9-11-25-2)14-22-10-3-4-17(24)13-22/h5-8,17,24H,3-4,9-14H2,1-2H3/t17-/m1/s1. The highest BCUT2D eigenvalue weighted by molar-refractivity contribution is 7.98. The summed E-state index contributed by atoms with van der Waals surface area (Å²) in [6.07, 6.45) is 4.76. The van der Waals surface area contributed by atoms with Crippen LogP contribution in [0.25, 0.3) is 0 Å². The molecule has 1 saturated heterocycles. The summed E-state index contributed by atoms with van der Waals surface area (Å²) in [6.45, 7) is 5.37. The summed E-state index contributed by atoms with van der Waals surface area (Å²) in [5.74, 6) is 2.97. The number of likely N-dealkylation sites (tertiary alicyclic amines) is 1. The fraction of sp³-hybridized carbons (Fsp3) is 0.579. The van der Waals surface area contributed by atoms with E-state index >= 15 is 0 Å². The van der Waals surface area contributed by atoms with Crippen LogP contribution < -0.4 is 0 Å². The number of β-amino-alcohol motifs (C(OH)–C–C–N with tert-alkyl or cyclic N) is 1. The number of benzene rings is 1. The number of rotatable bonds is 7. The van der Waals surface area contributed by atoms with Gasteiger partial charge in [-0.05, 0) is 38.1 Å². The molecule has 1 aliphatic heterocycles. The lowest BCUT2D eigenvalue weighted by atomic mass is 10.1. The van der Waals surface area contributed by atoms with Gasteiger partial charge in [-0.2, -0.15) is 16.9 Å². The third kappa shape index (κ3) is 5.30. The van der Waals surface area contributed by atoms with E-state index < -0.39 is 0 Å². The molecular formula is C19H28N4OS. The predicted molar refractivity (Wildman–Crippen MR) is 103 cm³/mol. The highest BCUT2D eigenvalue weighted by Gasteiger charge is 2.20. The molecule has 1 atom stereocenters. The lowest BCUT2D eigenvalue weighted by Gasteiger charge is -2.29. The molecule has 1 aromatic heterocycles. The summed E-state index contributed by atoms with van der Waals surface area (Å²) < 4.78 is 2.04. The second-order valence-electron chi connectivity index (χ2n) is 6.86. The average Bonchev–Trinajstić information content (AvgIpc) is 2.96. The Hall–Kier alpha value is -1.37. The molecule has 0 aliphatic carbocycles. The van der Waals surface area contributed by atoms with Crippen molar-refractivity contribution in [3.05, 3.63) is 47.0 Å².